The van der Waals surface area contributed by atoms with E-state index >= 15 is 0 Å². The first kappa shape index (κ1) is 20.9. The van der Waals surface area contributed by atoms with E-state index in [-0.39, 0.29) is 12.1 Å². The number of pyridine rings is 2. The number of imidazole rings is 1. The van der Waals surface area contributed by atoms with Gasteiger partial charge in [0.25, 0.3) is 0 Å². The smallest absolute Gasteiger partial charge is 0.358 e. The van der Waals surface area contributed by atoms with Crippen LogP contribution >= 0.6 is 11.6 Å². The molecule has 0 saturated heterocycles. The Morgan fingerprint density at radius 1 is 1.12 bits per heavy atom. The van der Waals surface area contributed by atoms with Crippen LogP contribution in [0, 0.1) is 13.8 Å². The van der Waals surface area contributed by atoms with E-state index < -0.39 is 0 Å². The summed E-state index contributed by atoms with van der Waals surface area (Å²) in [5.41, 5.74) is 4.30. The first-order valence-corrected chi connectivity index (χ1v) is 11.5. The monoisotopic (exact) mass is 451 g/mol. The Bertz CT molecular complexity index is 1170. The summed E-state index contributed by atoms with van der Waals surface area (Å²) in [7, 11) is 0. The molecular formula is C24H26ClN5O2. The number of halogens is 1. The van der Waals surface area contributed by atoms with Gasteiger partial charge in [-0.25, -0.2) is 14.8 Å². The lowest BCUT2D eigenvalue weighted by molar-refractivity contribution is 0.0311. The van der Waals surface area contributed by atoms with Gasteiger partial charge in [0.15, 0.2) is 5.69 Å². The topological polar surface area (TPSA) is 73.1 Å². The highest BCUT2D eigenvalue weighted by molar-refractivity contribution is 6.33. The Labute approximate surface area is 192 Å². The number of aryl methyl sites for hydroxylation is 2. The SMILES string of the molecule is Cc1cnc(-c2cc(N3CCn4cc(C(=O)OC5CCCC5)nc4C3)ncc2Cl)c(C)c1. The summed E-state index contributed by atoms with van der Waals surface area (Å²) in [4.78, 5) is 28.4. The Morgan fingerprint density at radius 2 is 1.94 bits per heavy atom. The molecule has 1 saturated carbocycles. The van der Waals surface area contributed by atoms with E-state index in [0.717, 1.165) is 72.8 Å². The van der Waals surface area contributed by atoms with Crippen LogP contribution in [0.15, 0.2) is 30.7 Å². The Morgan fingerprint density at radius 3 is 2.72 bits per heavy atom. The fourth-order valence-electron chi connectivity index (χ4n) is 4.54. The molecule has 3 aromatic heterocycles. The van der Waals surface area contributed by atoms with Crippen LogP contribution in [-0.4, -0.2) is 38.1 Å². The molecule has 5 rings (SSSR count). The van der Waals surface area contributed by atoms with Crippen molar-refractivity contribution >= 4 is 23.4 Å². The Balaban J connectivity index is 1.36. The van der Waals surface area contributed by atoms with Gasteiger partial charge in [-0.15, -0.1) is 0 Å². The minimum absolute atomic E-state index is 0.0354. The van der Waals surface area contributed by atoms with E-state index in [4.69, 9.17) is 16.3 Å². The number of esters is 1. The van der Waals surface area contributed by atoms with Gasteiger partial charge in [0.05, 0.1) is 17.3 Å². The van der Waals surface area contributed by atoms with Gasteiger partial charge >= 0.3 is 5.97 Å². The second kappa shape index (κ2) is 8.54. The van der Waals surface area contributed by atoms with E-state index in [0.29, 0.717) is 17.3 Å². The summed E-state index contributed by atoms with van der Waals surface area (Å²) < 4.78 is 7.65. The maximum atomic E-state index is 12.5. The molecule has 0 aromatic carbocycles. The fraction of sp³-hybridized carbons (Fsp3) is 0.417. The lowest BCUT2D eigenvalue weighted by atomic mass is 10.1. The van der Waals surface area contributed by atoms with Gasteiger partial charge in [0, 0.05) is 37.2 Å². The average Bonchev–Trinajstić information content (AvgIpc) is 3.43. The summed E-state index contributed by atoms with van der Waals surface area (Å²) in [5.74, 6) is 1.33. The van der Waals surface area contributed by atoms with Crippen molar-refractivity contribution in [2.45, 2.75) is 58.7 Å². The van der Waals surface area contributed by atoms with E-state index in [2.05, 4.69) is 25.9 Å². The molecule has 4 heterocycles. The summed E-state index contributed by atoms with van der Waals surface area (Å²) in [6.45, 7) is 6.10. The first-order chi connectivity index (χ1) is 15.5. The number of carbonyl (C=O) groups excluding carboxylic acids is 1. The fourth-order valence-corrected chi connectivity index (χ4v) is 4.74. The number of anilines is 1. The average molecular weight is 452 g/mol. The largest absolute Gasteiger partial charge is 0.458 e. The maximum absolute atomic E-state index is 12.5. The zero-order chi connectivity index (χ0) is 22.2. The van der Waals surface area contributed by atoms with Crippen molar-refractivity contribution in [2.24, 2.45) is 0 Å². The minimum atomic E-state index is -0.321. The third-order valence-corrected chi connectivity index (χ3v) is 6.52. The molecule has 3 aromatic rings. The van der Waals surface area contributed by atoms with Crippen molar-refractivity contribution in [1.82, 2.24) is 19.5 Å². The third-order valence-electron chi connectivity index (χ3n) is 6.22. The van der Waals surface area contributed by atoms with Gasteiger partial charge in [0.1, 0.15) is 17.7 Å². The van der Waals surface area contributed by atoms with Crippen LogP contribution in [0.1, 0.15) is 53.1 Å². The lowest BCUT2D eigenvalue weighted by Crippen LogP contribution is -2.34. The molecule has 0 N–H and O–H groups in total. The molecule has 1 aliphatic heterocycles. The lowest BCUT2D eigenvalue weighted by Gasteiger charge is -2.29. The van der Waals surface area contributed by atoms with Gasteiger partial charge in [0.2, 0.25) is 0 Å². The van der Waals surface area contributed by atoms with E-state index in [9.17, 15) is 4.79 Å². The molecule has 7 nitrogen and oxygen atoms in total. The number of ether oxygens (including phenoxy) is 1. The molecule has 1 aliphatic carbocycles. The standard InChI is InChI=1S/C24H26ClN5O2/c1-15-9-16(2)23(27-11-15)18-10-21(26-12-19(18)25)30-8-7-29-13-20(28-22(29)14-30)24(31)32-17-5-3-4-6-17/h9-13,17H,3-8,14H2,1-2H3. The van der Waals surface area contributed by atoms with Gasteiger partial charge in [-0.05, 0) is 56.7 Å². The summed E-state index contributed by atoms with van der Waals surface area (Å²) in [5, 5.41) is 0.573. The van der Waals surface area contributed by atoms with Crippen LogP contribution in [0.5, 0.6) is 0 Å². The van der Waals surface area contributed by atoms with E-state index in [1.807, 2.05) is 36.9 Å². The van der Waals surface area contributed by atoms with Crippen molar-refractivity contribution in [3.05, 3.63) is 58.4 Å². The predicted octanol–water partition coefficient (Wildman–Crippen LogP) is 4.73. The molecule has 8 heteroatoms. The number of nitrogens with zero attached hydrogens (tertiary/aromatic N) is 5. The van der Waals surface area contributed by atoms with Gasteiger partial charge in [-0.1, -0.05) is 17.7 Å². The van der Waals surface area contributed by atoms with Crippen LogP contribution in [-0.2, 0) is 17.8 Å². The zero-order valence-corrected chi connectivity index (χ0v) is 19.1. The van der Waals surface area contributed by atoms with Crippen molar-refractivity contribution in [1.29, 1.82) is 0 Å². The number of hydrogen-bond donors (Lipinski definition) is 0. The highest BCUT2D eigenvalue weighted by Gasteiger charge is 2.26. The number of rotatable bonds is 4. The van der Waals surface area contributed by atoms with Gasteiger partial charge in [-0.2, -0.15) is 0 Å². The number of fused-ring (bicyclic) bond motifs is 1. The molecule has 0 atom stereocenters. The maximum Gasteiger partial charge on any atom is 0.358 e. The first-order valence-electron chi connectivity index (χ1n) is 11.1. The second-order valence-corrected chi connectivity index (χ2v) is 9.08. The molecule has 32 heavy (non-hydrogen) atoms. The summed E-state index contributed by atoms with van der Waals surface area (Å²) in [6.07, 6.45) is 9.53. The minimum Gasteiger partial charge on any atom is -0.458 e. The molecule has 0 bridgehead atoms. The van der Waals surface area contributed by atoms with Crippen LogP contribution < -0.4 is 4.90 Å². The number of aromatic nitrogens is 4. The van der Waals surface area contributed by atoms with Gasteiger partial charge in [-0.3, -0.25) is 4.98 Å². The quantitative estimate of drug-likeness (QED) is 0.534. The summed E-state index contributed by atoms with van der Waals surface area (Å²) >= 11 is 6.48. The molecular weight excluding hydrogens is 426 g/mol. The zero-order valence-electron chi connectivity index (χ0n) is 18.3. The van der Waals surface area contributed by atoms with Crippen molar-refractivity contribution in [2.75, 3.05) is 11.4 Å². The molecule has 0 unspecified atom stereocenters. The van der Waals surface area contributed by atoms with Crippen molar-refractivity contribution in [3.63, 3.8) is 0 Å². The van der Waals surface area contributed by atoms with E-state index in [1.54, 1.807) is 6.20 Å². The van der Waals surface area contributed by atoms with Crippen LogP contribution in [0.25, 0.3) is 11.3 Å². The Kier molecular flexibility index (Phi) is 5.59. The van der Waals surface area contributed by atoms with Crippen LogP contribution in [0.4, 0.5) is 5.82 Å². The number of carbonyl (C=O) groups is 1. The highest BCUT2D eigenvalue weighted by atomic mass is 35.5. The van der Waals surface area contributed by atoms with Gasteiger partial charge < -0.3 is 14.2 Å². The normalized spacial score (nSPS) is 16.3. The highest BCUT2D eigenvalue weighted by Crippen LogP contribution is 2.32. The molecule has 0 amide bonds. The Hall–Kier alpha value is -2.93. The van der Waals surface area contributed by atoms with Crippen LogP contribution in [0.2, 0.25) is 5.02 Å². The molecule has 0 spiro atoms. The second-order valence-electron chi connectivity index (χ2n) is 8.67. The summed E-state index contributed by atoms with van der Waals surface area (Å²) in [6, 6.07) is 4.09. The predicted molar refractivity (Wildman–Crippen MR) is 123 cm³/mol. The third kappa shape index (κ3) is 4.09. The molecule has 0 radical (unpaired) electrons. The van der Waals surface area contributed by atoms with Crippen molar-refractivity contribution in [3.8, 4) is 11.3 Å². The molecule has 166 valence electrons. The van der Waals surface area contributed by atoms with Crippen LogP contribution in [0.3, 0.4) is 0 Å². The van der Waals surface area contributed by atoms with Crippen molar-refractivity contribution < 1.29 is 9.53 Å². The number of hydrogen-bond acceptors (Lipinski definition) is 6. The molecule has 1 fully saturated rings. The van der Waals surface area contributed by atoms with E-state index in [1.165, 1.54) is 0 Å². The molecule has 2 aliphatic rings.